The van der Waals surface area contributed by atoms with Crippen molar-refractivity contribution >= 4 is 35.6 Å². The van der Waals surface area contributed by atoms with Gasteiger partial charge in [0, 0.05) is 40.8 Å². The van der Waals surface area contributed by atoms with Crippen LogP contribution >= 0.6 is 12.6 Å². The van der Waals surface area contributed by atoms with E-state index in [0.717, 1.165) is 40.8 Å². The third-order valence-corrected chi connectivity index (χ3v) is 6.67. The lowest BCUT2D eigenvalue weighted by Crippen LogP contribution is -2.48. The topological polar surface area (TPSA) is 45.5 Å². The fraction of sp³-hybridized carbons (Fsp3) is 0.370. The molecular formula is C27H29F3N2O2S. The van der Waals surface area contributed by atoms with Gasteiger partial charge in [0.1, 0.15) is 17.3 Å². The normalized spacial score (nSPS) is 19.9. The van der Waals surface area contributed by atoms with Crippen molar-refractivity contribution < 1.29 is 23.1 Å². The van der Waals surface area contributed by atoms with Gasteiger partial charge in [-0.3, -0.25) is 4.90 Å². The van der Waals surface area contributed by atoms with E-state index in [0.29, 0.717) is 12.1 Å². The van der Waals surface area contributed by atoms with Gasteiger partial charge >= 0.3 is 5.97 Å². The fourth-order valence-corrected chi connectivity index (χ4v) is 5.45. The molecule has 0 saturated carbocycles. The first-order valence-corrected chi connectivity index (χ1v) is 12.0. The number of thiol groups is 1. The van der Waals surface area contributed by atoms with Crippen molar-refractivity contribution in [2.45, 2.75) is 57.2 Å². The molecule has 0 aliphatic carbocycles. The third-order valence-electron chi connectivity index (χ3n) is 6.44. The van der Waals surface area contributed by atoms with Crippen molar-refractivity contribution in [1.29, 1.82) is 0 Å². The lowest BCUT2D eigenvalue weighted by molar-refractivity contribution is -0.131. The van der Waals surface area contributed by atoms with Crippen molar-refractivity contribution in [3.63, 3.8) is 0 Å². The number of para-hydroxylation sites is 1. The van der Waals surface area contributed by atoms with Crippen LogP contribution in [0.25, 0.3) is 17.0 Å². The Balaban J connectivity index is 2.02. The summed E-state index contributed by atoms with van der Waals surface area (Å²) in [6.07, 6.45) is 2.56. The summed E-state index contributed by atoms with van der Waals surface area (Å²) in [7, 11) is 0. The van der Waals surface area contributed by atoms with Crippen LogP contribution in [0.3, 0.4) is 0 Å². The highest BCUT2D eigenvalue weighted by molar-refractivity contribution is 7.80. The number of benzene rings is 2. The molecule has 0 saturated heterocycles. The van der Waals surface area contributed by atoms with Crippen LogP contribution in [0.4, 0.5) is 13.2 Å². The van der Waals surface area contributed by atoms with Crippen molar-refractivity contribution in [3.05, 3.63) is 76.5 Å². The molecule has 1 aliphatic heterocycles. The van der Waals surface area contributed by atoms with E-state index in [2.05, 4.69) is 12.6 Å². The number of carboxylic acid groups (broad SMARTS) is 1. The van der Waals surface area contributed by atoms with E-state index in [9.17, 15) is 4.79 Å². The number of halogens is 3. The number of alkyl halides is 1. The van der Waals surface area contributed by atoms with Gasteiger partial charge in [-0.25, -0.2) is 18.0 Å². The zero-order valence-corrected chi connectivity index (χ0v) is 21.0. The number of carboxylic acids is 1. The zero-order valence-electron chi connectivity index (χ0n) is 20.1. The van der Waals surface area contributed by atoms with Gasteiger partial charge in [-0.2, -0.15) is 12.6 Å². The Labute approximate surface area is 208 Å². The van der Waals surface area contributed by atoms with Crippen molar-refractivity contribution in [3.8, 4) is 0 Å². The molecule has 2 aromatic carbocycles. The smallest absolute Gasteiger partial charge is 0.328 e. The number of aliphatic carboxylic acids is 1. The monoisotopic (exact) mass is 502 g/mol. The van der Waals surface area contributed by atoms with E-state index in [1.807, 2.05) is 47.6 Å². The number of fused-ring (bicyclic) bond motifs is 3. The van der Waals surface area contributed by atoms with E-state index in [1.165, 1.54) is 13.8 Å². The van der Waals surface area contributed by atoms with Gasteiger partial charge in [0.25, 0.3) is 0 Å². The molecular weight excluding hydrogens is 473 g/mol. The summed E-state index contributed by atoms with van der Waals surface area (Å²) < 4.78 is 48.3. The molecule has 1 unspecified atom stereocenters. The average molecular weight is 503 g/mol. The van der Waals surface area contributed by atoms with Gasteiger partial charge in [-0.15, -0.1) is 0 Å². The van der Waals surface area contributed by atoms with E-state index in [4.69, 9.17) is 5.11 Å². The van der Waals surface area contributed by atoms with Crippen molar-refractivity contribution in [2.24, 2.45) is 0 Å². The molecule has 0 fully saturated rings. The lowest BCUT2D eigenvalue weighted by Gasteiger charge is -2.44. The molecule has 35 heavy (non-hydrogen) atoms. The minimum Gasteiger partial charge on any atom is -0.478 e. The summed E-state index contributed by atoms with van der Waals surface area (Å²) in [5.74, 6) is -2.85. The Morgan fingerprint density at radius 1 is 1.26 bits per heavy atom. The number of rotatable bonds is 6. The summed E-state index contributed by atoms with van der Waals surface area (Å²) in [6.45, 7) is 6.71. The highest BCUT2D eigenvalue weighted by Crippen LogP contribution is 2.46. The second-order valence-electron chi connectivity index (χ2n) is 9.80. The minimum absolute atomic E-state index is 0.0275. The van der Waals surface area contributed by atoms with Gasteiger partial charge in [-0.05, 0) is 69.5 Å². The van der Waals surface area contributed by atoms with Crippen LogP contribution in [-0.2, 0) is 11.2 Å². The van der Waals surface area contributed by atoms with E-state index < -0.39 is 29.3 Å². The number of hydrogen-bond acceptors (Lipinski definition) is 3. The quantitative estimate of drug-likeness (QED) is 0.297. The third kappa shape index (κ3) is 4.86. The molecule has 0 bridgehead atoms. The van der Waals surface area contributed by atoms with Crippen LogP contribution in [0.2, 0.25) is 0 Å². The Bertz CT molecular complexity index is 1290. The Morgan fingerprint density at radius 2 is 1.89 bits per heavy atom. The first-order chi connectivity index (χ1) is 16.4. The molecule has 186 valence electrons. The first kappa shape index (κ1) is 25.4. The van der Waals surface area contributed by atoms with E-state index >= 15 is 13.2 Å². The van der Waals surface area contributed by atoms with E-state index in [-0.39, 0.29) is 29.1 Å². The standard InChI is InChI=1S/C27H29F3N2O2S/c1-15-11-19-18-7-5-6-8-22(18)32(16(2)35)25(19)26(31(15)14-27(3,4)30)24-20(28)12-17(13-21(24)29)9-10-23(33)34/h5-10,12-13,15-16,26,35H,11,14H2,1-4H3,(H,33,34)/b10-9+/t15-,16?,26-/m1/s1. The fourth-order valence-electron chi connectivity index (χ4n) is 5.20. The van der Waals surface area contributed by atoms with Gasteiger partial charge in [0.15, 0.2) is 0 Å². The number of carbonyl (C=O) groups is 1. The lowest BCUT2D eigenvalue weighted by atomic mass is 9.86. The van der Waals surface area contributed by atoms with Gasteiger partial charge in [0.2, 0.25) is 0 Å². The summed E-state index contributed by atoms with van der Waals surface area (Å²) in [5.41, 5.74) is 0.872. The van der Waals surface area contributed by atoms with Crippen LogP contribution in [0, 0.1) is 11.6 Å². The first-order valence-electron chi connectivity index (χ1n) is 11.5. The molecule has 1 aromatic heterocycles. The molecule has 1 N–H and O–H groups in total. The predicted octanol–water partition coefficient (Wildman–Crippen LogP) is 6.55. The van der Waals surface area contributed by atoms with Gasteiger partial charge < -0.3 is 9.67 Å². The predicted molar refractivity (Wildman–Crippen MR) is 136 cm³/mol. The average Bonchev–Trinajstić information content (AvgIpc) is 3.07. The molecule has 8 heteroatoms. The Kier molecular flexibility index (Phi) is 6.81. The Hall–Kier alpha value is -2.71. The van der Waals surface area contributed by atoms with Crippen LogP contribution < -0.4 is 0 Å². The van der Waals surface area contributed by atoms with Crippen LogP contribution in [0.15, 0.2) is 42.5 Å². The molecule has 1 aliphatic rings. The maximum Gasteiger partial charge on any atom is 0.328 e. The number of aromatic nitrogens is 1. The molecule has 3 atom stereocenters. The molecule has 0 radical (unpaired) electrons. The molecule has 3 aromatic rings. The number of nitrogens with zero attached hydrogens (tertiary/aromatic N) is 2. The zero-order chi connectivity index (χ0) is 25.7. The minimum atomic E-state index is -1.61. The molecule has 0 spiro atoms. The summed E-state index contributed by atoms with van der Waals surface area (Å²) in [5, 5.41) is 9.56. The van der Waals surface area contributed by atoms with Gasteiger partial charge in [0.05, 0.1) is 11.4 Å². The van der Waals surface area contributed by atoms with Crippen LogP contribution in [0.5, 0.6) is 0 Å². The van der Waals surface area contributed by atoms with Crippen molar-refractivity contribution in [2.75, 3.05) is 6.54 Å². The second kappa shape index (κ2) is 9.39. The summed E-state index contributed by atoms with van der Waals surface area (Å²) in [6, 6.07) is 8.93. The summed E-state index contributed by atoms with van der Waals surface area (Å²) in [4.78, 5) is 12.7. The van der Waals surface area contributed by atoms with E-state index in [1.54, 1.807) is 0 Å². The maximum absolute atomic E-state index is 15.7. The van der Waals surface area contributed by atoms with Crippen molar-refractivity contribution in [1.82, 2.24) is 9.47 Å². The molecule has 0 amide bonds. The highest BCUT2D eigenvalue weighted by Gasteiger charge is 2.42. The largest absolute Gasteiger partial charge is 0.478 e. The second-order valence-corrected chi connectivity index (χ2v) is 10.5. The van der Waals surface area contributed by atoms with Gasteiger partial charge in [-0.1, -0.05) is 18.2 Å². The molecule has 2 heterocycles. The number of hydrogen-bond donors (Lipinski definition) is 2. The van der Waals surface area contributed by atoms with Crippen LogP contribution in [0.1, 0.15) is 61.5 Å². The molecule has 4 nitrogen and oxygen atoms in total. The van der Waals surface area contributed by atoms with Crippen LogP contribution in [-0.4, -0.2) is 38.8 Å². The SMILES string of the molecule is CC(S)n1c2c(c3ccccc31)C[C@@H](C)N(CC(C)(C)F)[C@@H]2c1c(F)cc(/C=C/C(=O)O)cc1F. The summed E-state index contributed by atoms with van der Waals surface area (Å²) >= 11 is 4.69. The molecule has 4 rings (SSSR count). The Morgan fingerprint density at radius 3 is 2.46 bits per heavy atom. The maximum atomic E-state index is 15.7. The highest BCUT2D eigenvalue weighted by atomic mass is 32.1.